The maximum atomic E-state index is 12.4. The molecule has 6 nitrogen and oxygen atoms in total. The van der Waals surface area contributed by atoms with Crippen molar-refractivity contribution in [3.8, 4) is 0 Å². The Balaban J connectivity index is 3.43. The van der Waals surface area contributed by atoms with Gasteiger partial charge in [0.1, 0.15) is 0 Å². The topological polar surface area (TPSA) is 95.9 Å². The third-order valence-electron chi connectivity index (χ3n) is 11.7. The van der Waals surface area contributed by atoms with Gasteiger partial charge in [0.05, 0.1) is 25.4 Å². The van der Waals surface area contributed by atoms with E-state index in [1.165, 1.54) is 186 Å². The van der Waals surface area contributed by atoms with Crippen molar-refractivity contribution >= 4 is 11.9 Å². The molecule has 1 amide bonds. The van der Waals surface area contributed by atoms with Gasteiger partial charge in [-0.2, -0.15) is 0 Å². The minimum Gasteiger partial charge on any atom is -0.466 e. The van der Waals surface area contributed by atoms with Crippen LogP contribution in [-0.2, 0) is 14.3 Å². The van der Waals surface area contributed by atoms with Gasteiger partial charge in [-0.3, -0.25) is 9.59 Å². The van der Waals surface area contributed by atoms with E-state index < -0.39 is 12.1 Å². The number of carbonyl (C=O) groups excluding carboxylic acids is 2. The molecule has 0 aliphatic rings. The van der Waals surface area contributed by atoms with Crippen LogP contribution < -0.4 is 5.32 Å². The molecule has 0 heterocycles. The number of carbonyl (C=O) groups is 2. The lowest BCUT2D eigenvalue weighted by molar-refractivity contribution is -0.143. The molecule has 0 bridgehead atoms. The van der Waals surface area contributed by atoms with Crippen molar-refractivity contribution in [3.05, 3.63) is 36.5 Å². The van der Waals surface area contributed by atoms with Crippen LogP contribution in [0.15, 0.2) is 36.5 Å². The highest BCUT2D eigenvalue weighted by atomic mass is 16.5. The van der Waals surface area contributed by atoms with Crippen molar-refractivity contribution in [2.45, 2.75) is 276 Å². The van der Waals surface area contributed by atoms with Gasteiger partial charge in [-0.25, -0.2) is 0 Å². The normalized spacial score (nSPS) is 12.9. The summed E-state index contributed by atoms with van der Waals surface area (Å²) in [5.74, 6) is -0.0868. The first-order valence-electron chi connectivity index (χ1n) is 25.8. The average molecular weight is 830 g/mol. The number of esters is 1. The number of nitrogens with one attached hydrogen (secondary N) is 1. The van der Waals surface area contributed by atoms with E-state index in [2.05, 4.69) is 43.5 Å². The summed E-state index contributed by atoms with van der Waals surface area (Å²) in [4.78, 5) is 24.4. The summed E-state index contributed by atoms with van der Waals surface area (Å²) in [6.45, 7) is 4.83. The Labute approximate surface area is 366 Å². The molecule has 346 valence electrons. The van der Waals surface area contributed by atoms with Gasteiger partial charge >= 0.3 is 5.97 Å². The van der Waals surface area contributed by atoms with Crippen molar-refractivity contribution in [2.24, 2.45) is 0 Å². The molecule has 0 saturated carbocycles. The quantitative estimate of drug-likeness (QED) is 0.0323. The largest absolute Gasteiger partial charge is 0.466 e. The van der Waals surface area contributed by atoms with Gasteiger partial charge in [-0.1, -0.05) is 224 Å². The number of aliphatic hydroxyl groups excluding tert-OH is 2. The summed E-state index contributed by atoms with van der Waals surface area (Å²) >= 11 is 0. The third-order valence-corrected chi connectivity index (χ3v) is 11.7. The Morgan fingerprint density at radius 1 is 0.475 bits per heavy atom. The van der Waals surface area contributed by atoms with E-state index in [1.807, 2.05) is 6.08 Å². The first-order valence-corrected chi connectivity index (χ1v) is 25.8. The smallest absolute Gasteiger partial charge is 0.305 e. The molecule has 0 fully saturated rings. The van der Waals surface area contributed by atoms with Crippen molar-refractivity contribution in [1.29, 1.82) is 0 Å². The van der Waals surface area contributed by atoms with Gasteiger partial charge in [0.2, 0.25) is 5.91 Å². The van der Waals surface area contributed by atoms with Crippen LogP contribution in [0, 0.1) is 0 Å². The predicted octanol–water partition coefficient (Wildman–Crippen LogP) is 15.3. The highest BCUT2D eigenvalue weighted by Gasteiger charge is 2.18. The molecule has 0 spiro atoms. The number of rotatable bonds is 47. The van der Waals surface area contributed by atoms with Crippen molar-refractivity contribution in [1.82, 2.24) is 5.32 Å². The van der Waals surface area contributed by atoms with Crippen LogP contribution in [0.5, 0.6) is 0 Å². The Morgan fingerprint density at radius 3 is 1.32 bits per heavy atom. The summed E-state index contributed by atoms with van der Waals surface area (Å²) in [7, 11) is 0. The fourth-order valence-corrected chi connectivity index (χ4v) is 7.66. The highest BCUT2D eigenvalue weighted by Crippen LogP contribution is 2.16. The van der Waals surface area contributed by atoms with Crippen molar-refractivity contribution in [2.75, 3.05) is 13.2 Å². The maximum absolute atomic E-state index is 12.4. The molecular formula is C53H99NO5. The van der Waals surface area contributed by atoms with Gasteiger partial charge in [0, 0.05) is 12.8 Å². The Bertz CT molecular complexity index is 962. The number of hydrogen-bond donors (Lipinski definition) is 3. The second kappa shape index (κ2) is 48.7. The van der Waals surface area contributed by atoms with Crippen molar-refractivity contribution in [3.63, 3.8) is 0 Å². The van der Waals surface area contributed by atoms with E-state index >= 15 is 0 Å². The minimum atomic E-state index is -0.846. The van der Waals surface area contributed by atoms with Crippen LogP contribution in [0.1, 0.15) is 264 Å². The summed E-state index contributed by atoms with van der Waals surface area (Å²) in [5.41, 5.74) is 0. The first kappa shape index (κ1) is 57.1. The molecule has 0 aliphatic heterocycles. The number of ether oxygens (including phenoxy) is 1. The Hall–Kier alpha value is -1.92. The predicted molar refractivity (Wildman–Crippen MR) is 255 cm³/mol. The molecule has 2 atom stereocenters. The number of aliphatic hydroxyl groups is 2. The molecule has 0 rings (SSSR count). The molecule has 0 aromatic carbocycles. The van der Waals surface area contributed by atoms with E-state index in [-0.39, 0.29) is 18.5 Å². The molecule has 2 unspecified atom stereocenters. The average Bonchev–Trinajstić information content (AvgIpc) is 3.24. The van der Waals surface area contributed by atoms with Gasteiger partial charge in [-0.05, 0) is 64.2 Å². The zero-order valence-corrected chi connectivity index (χ0v) is 39.2. The summed E-state index contributed by atoms with van der Waals surface area (Å²) in [6.07, 6.45) is 58.6. The lowest BCUT2D eigenvalue weighted by Gasteiger charge is -2.20. The zero-order chi connectivity index (χ0) is 43.0. The zero-order valence-electron chi connectivity index (χ0n) is 39.2. The van der Waals surface area contributed by atoms with Crippen molar-refractivity contribution < 1.29 is 24.5 Å². The summed E-state index contributed by atoms with van der Waals surface area (Å²) in [5, 5.41) is 22.9. The molecular weight excluding hydrogens is 731 g/mol. The second-order valence-electron chi connectivity index (χ2n) is 17.5. The molecule has 59 heavy (non-hydrogen) atoms. The maximum Gasteiger partial charge on any atom is 0.305 e. The molecule has 3 N–H and O–H groups in total. The lowest BCUT2D eigenvalue weighted by atomic mass is 10.0. The number of hydrogen-bond acceptors (Lipinski definition) is 5. The number of amides is 1. The van der Waals surface area contributed by atoms with E-state index in [1.54, 1.807) is 6.08 Å². The Kier molecular flexibility index (Phi) is 47.2. The van der Waals surface area contributed by atoms with Crippen LogP contribution in [0.3, 0.4) is 0 Å². The second-order valence-corrected chi connectivity index (χ2v) is 17.5. The number of allylic oxidation sites excluding steroid dienone is 5. The molecule has 0 radical (unpaired) electrons. The first-order chi connectivity index (χ1) is 29.0. The van der Waals surface area contributed by atoms with E-state index in [0.29, 0.717) is 19.4 Å². The van der Waals surface area contributed by atoms with E-state index in [0.717, 1.165) is 51.4 Å². The fourth-order valence-electron chi connectivity index (χ4n) is 7.66. The van der Waals surface area contributed by atoms with Gasteiger partial charge in [-0.15, -0.1) is 0 Å². The minimum absolute atomic E-state index is 0.0104. The molecule has 0 saturated heterocycles. The fraction of sp³-hybridized carbons (Fsp3) is 0.849. The highest BCUT2D eigenvalue weighted by molar-refractivity contribution is 5.76. The summed E-state index contributed by atoms with van der Waals surface area (Å²) in [6, 6.07) is -0.630. The van der Waals surface area contributed by atoms with Crippen LogP contribution in [0.4, 0.5) is 0 Å². The van der Waals surface area contributed by atoms with Gasteiger partial charge in [0.25, 0.3) is 0 Å². The van der Waals surface area contributed by atoms with Crippen LogP contribution >= 0.6 is 0 Å². The van der Waals surface area contributed by atoms with Crippen LogP contribution in [0.2, 0.25) is 0 Å². The van der Waals surface area contributed by atoms with Gasteiger partial charge < -0.3 is 20.3 Å². The molecule has 0 aliphatic carbocycles. The SMILES string of the molecule is CCCCC/C=C\C/C=C\CCCCCCCC(=O)OCCCCCCCCCCCCCCCCCCCC(=O)NC(CO)C(O)/C=C/CCCCCCCCCC. The standard InChI is InChI=1S/C53H99NO5/c1-3-5-7-9-11-13-15-16-20-24-27-31-35-39-43-47-53(58)59-48-44-40-36-32-28-25-22-19-17-18-21-23-26-30-34-38-42-46-52(57)54-50(49-55)51(56)45-41-37-33-29-14-12-10-8-6-4-2/h11,13,16,20,41,45,50-51,55-56H,3-10,12,14-15,17-19,21-40,42-44,46-49H2,1-2H3,(H,54,57)/b13-11-,20-16-,45-41+. The monoisotopic (exact) mass is 830 g/mol. The number of unbranched alkanes of at least 4 members (excludes halogenated alkanes) is 32. The molecule has 0 aromatic heterocycles. The van der Waals surface area contributed by atoms with E-state index in [4.69, 9.17) is 4.74 Å². The molecule has 6 heteroatoms. The lowest BCUT2D eigenvalue weighted by Crippen LogP contribution is -2.45. The Morgan fingerprint density at radius 2 is 0.847 bits per heavy atom. The molecule has 0 aromatic rings. The third kappa shape index (κ3) is 45.4. The summed E-state index contributed by atoms with van der Waals surface area (Å²) < 4.78 is 5.46. The van der Waals surface area contributed by atoms with E-state index in [9.17, 15) is 19.8 Å². The van der Waals surface area contributed by atoms with Crippen LogP contribution in [-0.4, -0.2) is 47.4 Å². The van der Waals surface area contributed by atoms with Crippen LogP contribution in [0.25, 0.3) is 0 Å². The van der Waals surface area contributed by atoms with Gasteiger partial charge in [0.15, 0.2) is 0 Å².